The van der Waals surface area contributed by atoms with Crippen LogP contribution in [0, 0.1) is 11.8 Å². The highest BCUT2D eigenvalue weighted by Crippen LogP contribution is 2.35. The van der Waals surface area contributed by atoms with Gasteiger partial charge in [0.05, 0.1) is 0 Å². The summed E-state index contributed by atoms with van der Waals surface area (Å²) >= 11 is 0. The standard InChI is InChI=1S/C22H24N2O4/c1-24(18-5-3-2-4-6-18)22(26)16-9-7-15(8-10-16)21(25)23-17-11-12-19-20(13-17)28-14-27-19/h2-6,11-13,15-16H,7-10,14H2,1H3,(H,23,25). The molecular formula is C22H24N2O4. The number of nitrogens with zero attached hydrogens (tertiary/aromatic N) is 1. The minimum atomic E-state index is -0.0727. The molecule has 6 heteroatoms. The summed E-state index contributed by atoms with van der Waals surface area (Å²) < 4.78 is 10.6. The molecule has 2 aliphatic rings. The van der Waals surface area contributed by atoms with Crippen LogP contribution >= 0.6 is 0 Å². The lowest BCUT2D eigenvalue weighted by atomic mass is 9.81. The Morgan fingerprint density at radius 1 is 0.929 bits per heavy atom. The summed E-state index contributed by atoms with van der Waals surface area (Å²) in [5.74, 6) is 1.37. The van der Waals surface area contributed by atoms with E-state index < -0.39 is 0 Å². The highest BCUT2D eigenvalue weighted by Gasteiger charge is 2.31. The first kappa shape index (κ1) is 18.3. The van der Waals surface area contributed by atoms with Crippen molar-refractivity contribution >= 4 is 23.2 Å². The molecule has 0 bridgehead atoms. The molecule has 1 fully saturated rings. The first-order valence-corrected chi connectivity index (χ1v) is 9.65. The fraction of sp³-hybridized carbons (Fsp3) is 0.364. The predicted octanol–water partition coefficient (Wildman–Crippen LogP) is 3.82. The Kier molecular flexibility index (Phi) is 5.19. The second kappa shape index (κ2) is 7.92. The van der Waals surface area contributed by atoms with Gasteiger partial charge >= 0.3 is 0 Å². The average Bonchev–Trinajstić information content (AvgIpc) is 3.21. The number of hydrogen-bond acceptors (Lipinski definition) is 4. The second-order valence-electron chi connectivity index (χ2n) is 7.34. The summed E-state index contributed by atoms with van der Waals surface area (Å²) in [5.41, 5.74) is 1.60. The molecule has 2 amide bonds. The Morgan fingerprint density at radius 2 is 1.61 bits per heavy atom. The number of fused-ring (bicyclic) bond motifs is 1. The van der Waals surface area contributed by atoms with E-state index in [1.54, 1.807) is 17.0 Å². The lowest BCUT2D eigenvalue weighted by Crippen LogP contribution is -2.36. The van der Waals surface area contributed by atoms with Crippen molar-refractivity contribution in [3.63, 3.8) is 0 Å². The number of para-hydroxylation sites is 1. The normalized spacial score (nSPS) is 20.5. The Morgan fingerprint density at radius 3 is 2.36 bits per heavy atom. The molecule has 28 heavy (non-hydrogen) atoms. The third kappa shape index (κ3) is 3.81. The van der Waals surface area contributed by atoms with Gasteiger partial charge in [-0.3, -0.25) is 9.59 Å². The molecule has 0 radical (unpaired) electrons. The summed E-state index contributed by atoms with van der Waals surface area (Å²) in [7, 11) is 1.82. The van der Waals surface area contributed by atoms with Crippen molar-refractivity contribution in [3.05, 3.63) is 48.5 Å². The van der Waals surface area contributed by atoms with Crippen LogP contribution in [0.5, 0.6) is 11.5 Å². The minimum Gasteiger partial charge on any atom is -0.454 e. The van der Waals surface area contributed by atoms with E-state index in [1.807, 2.05) is 43.4 Å². The van der Waals surface area contributed by atoms with Gasteiger partial charge in [0.2, 0.25) is 18.6 Å². The molecule has 0 aromatic heterocycles. The highest BCUT2D eigenvalue weighted by molar-refractivity contribution is 5.95. The fourth-order valence-corrected chi connectivity index (χ4v) is 3.87. The van der Waals surface area contributed by atoms with Crippen molar-refractivity contribution in [1.82, 2.24) is 0 Å². The molecule has 0 saturated heterocycles. The van der Waals surface area contributed by atoms with Gasteiger partial charge in [-0.05, 0) is 49.9 Å². The van der Waals surface area contributed by atoms with E-state index in [-0.39, 0.29) is 30.4 Å². The predicted molar refractivity (Wildman–Crippen MR) is 106 cm³/mol. The zero-order valence-corrected chi connectivity index (χ0v) is 15.9. The van der Waals surface area contributed by atoms with Crippen molar-refractivity contribution in [2.75, 3.05) is 24.1 Å². The van der Waals surface area contributed by atoms with Crippen molar-refractivity contribution in [2.24, 2.45) is 11.8 Å². The van der Waals surface area contributed by atoms with Crippen molar-refractivity contribution < 1.29 is 19.1 Å². The van der Waals surface area contributed by atoms with E-state index in [0.29, 0.717) is 17.2 Å². The van der Waals surface area contributed by atoms with Crippen LogP contribution in [0.2, 0.25) is 0 Å². The summed E-state index contributed by atoms with van der Waals surface area (Å²) in [6, 6.07) is 15.1. The van der Waals surface area contributed by atoms with Gasteiger partial charge in [-0.2, -0.15) is 0 Å². The van der Waals surface area contributed by atoms with Crippen LogP contribution in [0.15, 0.2) is 48.5 Å². The van der Waals surface area contributed by atoms with Gasteiger partial charge in [-0.25, -0.2) is 0 Å². The molecule has 2 aromatic carbocycles. The molecule has 1 N–H and O–H groups in total. The van der Waals surface area contributed by atoms with E-state index in [2.05, 4.69) is 5.32 Å². The molecule has 1 aliphatic carbocycles. The number of benzene rings is 2. The lowest BCUT2D eigenvalue weighted by Gasteiger charge is -2.30. The van der Waals surface area contributed by atoms with Crippen molar-refractivity contribution in [2.45, 2.75) is 25.7 Å². The first-order chi connectivity index (χ1) is 13.6. The number of hydrogen-bond donors (Lipinski definition) is 1. The fourth-order valence-electron chi connectivity index (χ4n) is 3.87. The van der Waals surface area contributed by atoms with Gasteiger partial charge < -0.3 is 19.7 Å². The van der Waals surface area contributed by atoms with Crippen LogP contribution in [0.3, 0.4) is 0 Å². The number of rotatable bonds is 4. The largest absolute Gasteiger partial charge is 0.454 e. The third-order valence-electron chi connectivity index (χ3n) is 5.56. The Hall–Kier alpha value is -3.02. The monoisotopic (exact) mass is 380 g/mol. The molecular weight excluding hydrogens is 356 g/mol. The van der Waals surface area contributed by atoms with Crippen LogP contribution in [-0.2, 0) is 9.59 Å². The Labute approximate surface area is 164 Å². The van der Waals surface area contributed by atoms with Gasteiger partial charge in [0.25, 0.3) is 0 Å². The number of amides is 2. The van der Waals surface area contributed by atoms with Crippen LogP contribution in [0.4, 0.5) is 11.4 Å². The summed E-state index contributed by atoms with van der Waals surface area (Å²) in [6.07, 6.45) is 2.90. The van der Waals surface area contributed by atoms with Crippen LogP contribution in [-0.4, -0.2) is 25.7 Å². The maximum Gasteiger partial charge on any atom is 0.231 e. The second-order valence-corrected chi connectivity index (χ2v) is 7.34. The van der Waals surface area contributed by atoms with Crippen molar-refractivity contribution in [1.29, 1.82) is 0 Å². The lowest BCUT2D eigenvalue weighted by molar-refractivity contribution is -0.126. The topological polar surface area (TPSA) is 67.9 Å². The molecule has 1 saturated carbocycles. The maximum atomic E-state index is 12.8. The molecule has 1 aliphatic heterocycles. The number of ether oxygens (including phenoxy) is 2. The smallest absolute Gasteiger partial charge is 0.231 e. The van der Waals surface area contributed by atoms with E-state index >= 15 is 0 Å². The molecule has 4 rings (SSSR count). The van der Waals surface area contributed by atoms with Gasteiger partial charge in [-0.1, -0.05) is 18.2 Å². The third-order valence-corrected chi connectivity index (χ3v) is 5.56. The average molecular weight is 380 g/mol. The van der Waals surface area contributed by atoms with Crippen molar-refractivity contribution in [3.8, 4) is 11.5 Å². The number of nitrogens with one attached hydrogen (secondary N) is 1. The summed E-state index contributed by atoms with van der Waals surface area (Å²) in [5, 5.41) is 2.96. The first-order valence-electron chi connectivity index (χ1n) is 9.65. The van der Waals surface area contributed by atoms with Gasteiger partial charge in [0.1, 0.15) is 0 Å². The molecule has 0 unspecified atom stereocenters. The number of anilines is 2. The van der Waals surface area contributed by atoms with Gasteiger partial charge in [0.15, 0.2) is 11.5 Å². The zero-order chi connectivity index (χ0) is 19.5. The molecule has 0 spiro atoms. The van der Waals surface area contributed by atoms with Gasteiger partial charge in [-0.15, -0.1) is 0 Å². The zero-order valence-electron chi connectivity index (χ0n) is 15.9. The Balaban J connectivity index is 1.31. The summed E-state index contributed by atoms with van der Waals surface area (Å²) in [4.78, 5) is 27.1. The number of carbonyl (C=O) groups excluding carboxylic acids is 2. The molecule has 6 nitrogen and oxygen atoms in total. The molecule has 2 aromatic rings. The number of carbonyl (C=O) groups is 2. The van der Waals surface area contributed by atoms with Crippen LogP contribution in [0.25, 0.3) is 0 Å². The SMILES string of the molecule is CN(C(=O)C1CCC(C(=O)Nc2ccc3c(c2)OCO3)CC1)c1ccccc1. The molecule has 1 heterocycles. The van der Waals surface area contributed by atoms with Crippen LogP contribution < -0.4 is 19.7 Å². The minimum absolute atomic E-state index is 0.00109. The van der Waals surface area contributed by atoms with Crippen LogP contribution in [0.1, 0.15) is 25.7 Å². The summed E-state index contributed by atoms with van der Waals surface area (Å²) in [6.45, 7) is 0.211. The molecule has 146 valence electrons. The van der Waals surface area contributed by atoms with E-state index in [0.717, 1.165) is 31.4 Å². The van der Waals surface area contributed by atoms with E-state index in [9.17, 15) is 9.59 Å². The molecule has 0 atom stereocenters. The quantitative estimate of drug-likeness (QED) is 0.876. The van der Waals surface area contributed by atoms with E-state index in [1.165, 1.54) is 0 Å². The van der Waals surface area contributed by atoms with Gasteiger partial charge in [0, 0.05) is 36.3 Å². The maximum absolute atomic E-state index is 12.8. The Bertz CT molecular complexity index is 860. The van der Waals surface area contributed by atoms with E-state index in [4.69, 9.17) is 9.47 Å². The highest BCUT2D eigenvalue weighted by atomic mass is 16.7.